The van der Waals surface area contributed by atoms with Gasteiger partial charge in [0.15, 0.2) is 0 Å². The lowest BCUT2D eigenvalue weighted by Crippen LogP contribution is -2.20. The quantitative estimate of drug-likeness (QED) is 0.736. The molecule has 2 fully saturated rings. The first-order valence-corrected chi connectivity index (χ1v) is 7.57. The predicted molar refractivity (Wildman–Crippen MR) is 61.2 cm³/mol. The van der Waals surface area contributed by atoms with Crippen molar-refractivity contribution in [2.45, 2.75) is 43.9 Å². The molecule has 0 aromatic carbocycles. The zero-order chi connectivity index (χ0) is 10.6. The third kappa shape index (κ3) is 1.40. The lowest BCUT2D eigenvalue weighted by molar-refractivity contribution is 0.576. The number of hydrogen-bond acceptors (Lipinski definition) is 2. The highest BCUT2D eigenvalue weighted by Crippen LogP contribution is 2.69. The molecule has 0 bridgehead atoms. The molecule has 4 heteroatoms. The van der Waals surface area contributed by atoms with Crippen LogP contribution in [0.3, 0.4) is 0 Å². The molecule has 15 heavy (non-hydrogen) atoms. The monoisotopic (exact) mass is 224 g/mol. The van der Waals surface area contributed by atoms with Crippen molar-refractivity contribution in [3.8, 4) is 0 Å². The van der Waals surface area contributed by atoms with Crippen molar-refractivity contribution in [3.05, 3.63) is 11.8 Å². The smallest absolute Gasteiger partial charge is 0.138 e. The minimum absolute atomic E-state index is 0.486. The lowest BCUT2D eigenvalue weighted by atomic mass is 10.5. The van der Waals surface area contributed by atoms with Crippen molar-refractivity contribution < 1.29 is 4.57 Å². The Morgan fingerprint density at radius 1 is 1.33 bits per heavy atom. The average molecular weight is 224 g/mol. The van der Waals surface area contributed by atoms with E-state index in [9.17, 15) is 4.57 Å². The largest absolute Gasteiger partial charge is 0.316 e. The van der Waals surface area contributed by atoms with Crippen LogP contribution in [0.4, 0.5) is 0 Å². The van der Waals surface area contributed by atoms with Gasteiger partial charge in [-0.1, -0.05) is 0 Å². The summed E-state index contributed by atoms with van der Waals surface area (Å²) < 4.78 is 15.0. The molecular formula is C11H17N2OP. The molecule has 0 spiro atoms. The second kappa shape index (κ2) is 2.98. The van der Waals surface area contributed by atoms with E-state index in [1.54, 1.807) is 0 Å². The zero-order valence-electron chi connectivity index (χ0n) is 9.31. The molecule has 0 saturated heterocycles. The Hall–Kier alpha value is -0.560. The standard InChI is InChI=1S/C11H17N2OP/c1-8-7-11(13(2)12-8)15(14,9-3-4-9)10-5-6-10/h7,9-10H,3-6H2,1-2H3. The summed E-state index contributed by atoms with van der Waals surface area (Å²) in [5, 5.41) is 4.34. The van der Waals surface area contributed by atoms with E-state index in [1.165, 1.54) is 0 Å². The molecule has 0 radical (unpaired) electrons. The van der Waals surface area contributed by atoms with Gasteiger partial charge in [0.1, 0.15) is 7.14 Å². The minimum atomic E-state index is -2.11. The molecule has 0 unspecified atom stereocenters. The summed E-state index contributed by atoms with van der Waals surface area (Å²) in [6.07, 6.45) is 4.66. The number of nitrogens with zero attached hydrogens (tertiary/aromatic N) is 2. The Balaban J connectivity index is 2.08. The van der Waals surface area contributed by atoms with Crippen LogP contribution in [0.25, 0.3) is 0 Å². The number of aromatic nitrogens is 2. The third-order valence-corrected chi connectivity index (χ3v) is 7.85. The minimum Gasteiger partial charge on any atom is -0.316 e. The van der Waals surface area contributed by atoms with Crippen LogP contribution >= 0.6 is 7.14 Å². The average Bonchev–Trinajstić information content (AvgIpc) is 3.01. The molecular weight excluding hydrogens is 207 g/mol. The van der Waals surface area contributed by atoms with Crippen LogP contribution in [-0.4, -0.2) is 21.1 Å². The molecule has 2 aliphatic carbocycles. The summed E-state index contributed by atoms with van der Waals surface area (Å²) in [6.45, 7) is 1.98. The van der Waals surface area contributed by atoms with E-state index in [-0.39, 0.29) is 0 Å². The SMILES string of the molecule is Cc1cc(P(=O)(C2CC2)C2CC2)n(C)n1. The van der Waals surface area contributed by atoms with E-state index < -0.39 is 7.14 Å². The van der Waals surface area contributed by atoms with E-state index in [2.05, 4.69) is 5.10 Å². The molecule has 2 saturated carbocycles. The summed E-state index contributed by atoms with van der Waals surface area (Å²) >= 11 is 0. The first kappa shape index (κ1) is 9.65. The van der Waals surface area contributed by atoms with Gasteiger partial charge >= 0.3 is 0 Å². The summed E-state index contributed by atoms with van der Waals surface area (Å²) in [4.78, 5) is 0. The van der Waals surface area contributed by atoms with Gasteiger partial charge in [0.05, 0.1) is 11.1 Å². The van der Waals surface area contributed by atoms with Gasteiger partial charge in [0, 0.05) is 18.4 Å². The summed E-state index contributed by atoms with van der Waals surface area (Å²) in [5.74, 6) is 0. The van der Waals surface area contributed by atoms with E-state index >= 15 is 0 Å². The normalized spacial score (nSPS) is 22.0. The predicted octanol–water partition coefficient (Wildman–Crippen LogP) is 2.04. The van der Waals surface area contributed by atoms with Crippen molar-refractivity contribution in [2.75, 3.05) is 0 Å². The molecule has 0 atom stereocenters. The topological polar surface area (TPSA) is 34.9 Å². The molecule has 3 rings (SSSR count). The van der Waals surface area contributed by atoms with Gasteiger partial charge in [-0.2, -0.15) is 5.10 Å². The maximum atomic E-state index is 13.1. The van der Waals surface area contributed by atoms with Gasteiger partial charge < -0.3 is 4.57 Å². The summed E-state index contributed by atoms with van der Waals surface area (Å²) in [7, 11) is -0.179. The van der Waals surface area contributed by atoms with E-state index in [4.69, 9.17) is 0 Å². The third-order valence-electron chi connectivity index (χ3n) is 3.51. The van der Waals surface area contributed by atoms with Crippen LogP contribution in [0, 0.1) is 6.92 Å². The van der Waals surface area contributed by atoms with Gasteiger partial charge in [0.2, 0.25) is 0 Å². The highest BCUT2D eigenvalue weighted by molar-refractivity contribution is 7.73. The Morgan fingerprint density at radius 2 is 1.87 bits per heavy atom. The van der Waals surface area contributed by atoms with Crippen molar-refractivity contribution in [2.24, 2.45) is 7.05 Å². The molecule has 82 valence electrons. The molecule has 1 heterocycles. The van der Waals surface area contributed by atoms with Crippen LogP contribution in [-0.2, 0) is 11.6 Å². The summed E-state index contributed by atoms with van der Waals surface area (Å²) in [5.41, 5.74) is 3.00. The first-order chi connectivity index (χ1) is 7.12. The van der Waals surface area contributed by atoms with Crippen molar-refractivity contribution in [1.82, 2.24) is 9.78 Å². The van der Waals surface area contributed by atoms with Crippen LogP contribution in [0.1, 0.15) is 31.4 Å². The molecule has 1 aromatic heterocycles. The van der Waals surface area contributed by atoms with Crippen LogP contribution in [0.2, 0.25) is 0 Å². The van der Waals surface area contributed by atoms with Gasteiger partial charge in [-0.25, -0.2) is 0 Å². The molecule has 0 aliphatic heterocycles. The summed E-state index contributed by atoms with van der Waals surface area (Å²) in [6, 6.07) is 2.04. The van der Waals surface area contributed by atoms with Crippen LogP contribution in [0.5, 0.6) is 0 Å². The van der Waals surface area contributed by atoms with E-state index in [1.807, 2.05) is 24.7 Å². The van der Waals surface area contributed by atoms with Crippen LogP contribution < -0.4 is 5.44 Å². The molecule has 1 aromatic rings. The van der Waals surface area contributed by atoms with Gasteiger partial charge in [-0.15, -0.1) is 0 Å². The van der Waals surface area contributed by atoms with Crippen molar-refractivity contribution >= 4 is 12.6 Å². The van der Waals surface area contributed by atoms with Gasteiger partial charge in [0.25, 0.3) is 0 Å². The number of hydrogen-bond donors (Lipinski definition) is 0. The zero-order valence-corrected chi connectivity index (χ0v) is 10.2. The van der Waals surface area contributed by atoms with E-state index in [0.717, 1.165) is 36.8 Å². The van der Waals surface area contributed by atoms with Gasteiger partial charge in [-0.05, 0) is 38.7 Å². The Labute approximate surface area is 90.2 Å². The van der Waals surface area contributed by atoms with E-state index in [0.29, 0.717) is 11.3 Å². The maximum absolute atomic E-state index is 13.1. The molecule has 0 amide bonds. The fourth-order valence-electron chi connectivity index (χ4n) is 2.51. The fraction of sp³-hybridized carbons (Fsp3) is 0.727. The van der Waals surface area contributed by atoms with Crippen LogP contribution in [0.15, 0.2) is 6.07 Å². The second-order valence-corrected chi connectivity index (χ2v) is 8.28. The van der Waals surface area contributed by atoms with Crippen molar-refractivity contribution in [3.63, 3.8) is 0 Å². The maximum Gasteiger partial charge on any atom is 0.138 e. The highest BCUT2D eigenvalue weighted by Gasteiger charge is 2.53. The highest BCUT2D eigenvalue weighted by atomic mass is 31.2. The second-order valence-electron chi connectivity index (χ2n) is 4.94. The molecule has 0 N–H and O–H groups in total. The van der Waals surface area contributed by atoms with Gasteiger partial charge in [-0.3, -0.25) is 4.68 Å². The Bertz CT molecular complexity index is 427. The first-order valence-electron chi connectivity index (χ1n) is 5.73. The Morgan fingerprint density at radius 3 is 2.20 bits per heavy atom. The molecule has 2 aliphatic rings. The fourth-order valence-corrected chi connectivity index (χ4v) is 6.58. The number of rotatable bonds is 3. The Kier molecular flexibility index (Phi) is 1.91. The van der Waals surface area contributed by atoms with Crippen molar-refractivity contribution in [1.29, 1.82) is 0 Å². The number of aryl methyl sites for hydroxylation is 2. The molecule has 3 nitrogen and oxygen atoms in total. The lowest BCUT2D eigenvalue weighted by Gasteiger charge is -2.17.